The predicted octanol–water partition coefficient (Wildman–Crippen LogP) is 3.70. The number of nitrogens with zero attached hydrogens (tertiary/aromatic N) is 1. The molecule has 0 fully saturated rings. The molecule has 21 heavy (non-hydrogen) atoms. The van der Waals surface area contributed by atoms with Crippen molar-refractivity contribution in [2.45, 2.75) is 5.75 Å². The van der Waals surface area contributed by atoms with Crippen molar-refractivity contribution < 1.29 is 13.5 Å². The van der Waals surface area contributed by atoms with Crippen LogP contribution in [-0.2, 0) is 15.6 Å². The van der Waals surface area contributed by atoms with Crippen molar-refractivity contribution in [3.8, 4) is 0 Å². The van der Waals surface area contributed by atoms with E-state index in [4.69, 9.17) is 23.2 Å². The molecule has 4 nitrogen and oxygen atoms in total. The molecule has 1 N–H and O–H groups in total. The second kappa shape index (κ2) is 5.02. The van der Waals surface area contributed by atoms with Gasteiger partial charge >= 0.3 is 0 Å². The van der Waals surface area contributed by atoms with Gasteiger partial charge in [-0.25, -0.2) is 8.42 Å². The van der Waals surface area contributed by atoms with Gasteiger partial charge in [-0.2, -0.15) is 0 Å². The van der Waals surface area contributed by atoms with E-state index in [1.807, 2.05) is 0 Å². The lowest BCUT2D eigenvalue weighted by atomic mass is 10.1. The van der Waals surface area contributed by atoms with Crippen LogP contribution in [0.4, 0.5) is 0 Å². The number of aliphatic hydroxyl groups is 1. The van der Waals surface area contributed by atoms with Gasteiger partial charge in [0.25, 0.3) is 0 Å². The van der Waals surface area contributed by atoms with Gasteiger partial charge in [-0.15, -0.1) is 0 Å². The molecule has 0 aliphatic carbocycles. The molecule has 0 atom stereocenters. The maximum absolute atomic E-state index is 12.5. The third-order valence-corrected chi connectivity index (χ3v) is 5.52. The van der Waals surface area contributed by atoms with E-state index in [0.29, 0.717) is 5.56 Å². The number of aromatic nitrogens is 1. The van der Waals surface area contributed by atoms with Crippen molar-refractivity contribution in [2.75, 3.05) is 0 Å². The summed E-state index contributed by atoms with van der Waals surface area (Å²) in [6, 6.07) is 7.88. The van der Waals surface area contributed by atoms with Crippen molar-refractivity contribution in [3.05, 3.63) is 63.4 Å². The number of hydrogen-bond acceptors (Lipinski definition) is 4. The summed E-state index contributed by atoms with van der Waals surface area (Å²) in [6.07, 6.45) is 1.48. The summed E-state index contributed by atoms with van der Waals surface area (Å²) >= 11 is 12.1. The van der Waals surface area contributed by atoms with Crippen molar-refractivity contribution in [3.63, 3.8) is 0 Å². The first-order valence-electron chi connectivity index (χ1n) is 5.96. The number of hydrogen-bond donors (Lipinski definition) is 1. The zero-order valence-electron chi connectivity index (χ0n) is 10.5. The summed E-state index contributed by atoms with van der Waals surface area (Å²) in [4.78, 5) is 3.77. The fraction of sp³-hybridized carbons (Fsp3) is 0.0714. The summed E-state index contributed by atoms with van der Waals surface area (Å²) in [5.41, 5.74) is 0.787. The Bertz CT molecular complexity index is 855. The zero-order valence-corrected chi connectivity index (χ0v) is 12.9. The van der Waals surface area contributed by atoms with E-state index in [-0.39, 0.29) is 32.0 Å². The number of sulfone groups is 1. The SMILES string of the molecule is O=S1(=O)Cc2cccnc2C(O)=C1c1c(Cl)cccc1Cl. The standard InChI is InChI=1S/C14H9Cl2NO3S/c15-9-4-1-5-10(16)11(9)14-13(18)12-8(3-2-6-17-12)7-21(14,19)20/h1-6,18H,7H2. The minimum absolute atomic E-state index is 0.106. The second-order valence-electron chi connectivity index (χ2n) is 4.54. The minimum Gasteiger partial charge on any atom is -0.504 e. The molecule has 1 aliphatic rings. The smallest absolute Gasteiger partial charge is 0.187 e. The molecule has 2 aromatic rings. The van der Waals surface area contributed by atoms with Crippen molar-refractivity contribution >= 4 is 43.7 Å². The Morgan fingerprint density at radius 1 is 1.10 bits per heavy atom. The lowest BCUT2D eigenvalue weighted by molar-refractivity contribution is 0.508. The van der Waals surface area contributed by atoms with Crippen molar-refractivity contribution in [1.82, 2.24) is 4.98 Å². The average molecular weight is 342 g/mol. The summed E-state index contributed by atoms with van der Waals surface area (Å²) in [7, 11) is -3.76. The normalized spacial score (nSPS) is 16.7. The molecule has 0 bridgehead atoms. The maximum atomic E-state index is 12.5. The first kappa shape index (κ1) is 14.4. The highest BCUT2D eigenvalue weighted by Crippen LogP contribution is 2.42. The van der Waals surface area contributed by atoms with Gasteiger partial charge in [0.2, 0.25) is 0 Å². The van der Waals surface area contributed by atoms with Gasteiger partial charge in [-0.3, -0.25) is 4.98 Å². The lowest BCUT2D eigenvalue weighted by Crippen LogP contribution is -2.17. The first-order valence-corrected chi connectivity index (χ1v) is 8.37. The van der Waals surface area contributed by atoms with Gasteiger partial charge in [0.05, 0.1) is 15.8 Å². The van der Waals surface area contributed by atoms with Crippen LogP contribution in [0.15, 0.2) is 36.5 Å². The minimum atomic E-state index is -3.76. The summed E-state index contributed by atoms with van der Waals surface area (Å²) in [5.74, 6) is -0.677. The van der Waals surface area contributed by atoms with E-state index in [1.54, 1.807) is 18.2 Å². The third-order valence-electron chi connectivity index (χ3n) is 3.18. The Balaban J connectivity index is 2.40. The van der Waals surface area contributed by atoms with E-state index in [2.05, 4.69) is 4.98 Å². The highest BCUT2D eigenvalue weighted by molar-refractivity contribution is 8.00. The molecule has 0 radical (unpaired) electrons. The Kier molecular flexibility index (Phi) is 3.43. The first-order chi connectivity index (χ1) is 9.92. The molecular weight excluding hydrogens is 333 g/mol. The predicted molar refractivity (Wildman–Crippen MR) is 82.8 cm³/mol. The maximum Gasteiger partial charge on any atom is 0.187 e. The van der Waals surface area contributed by atoms with Crippen LogP contribution in [0.1, 0.15) is 16.8 Å². The van der Waals surface area contributed by atoms with E-state index in [9.17, 15) is 13.5 Å². The van der Waals surface area contributed by atoms with Gasteiger partial charge in [0.1, 0.15) is 10.6 Å². The van der Waals surface area contributed by atoms with Crippen molar-refractivity contribution in [2.24, 2.45) is 0 Å². The Labute approximate surface area is 131 Å². The molecule has 7 heteroatoms. The molecule has 0 saturated heterocycles. The van der Waals surface area contributed by atoms with Gasteiger partial charge in [0, 0.05) is 11.8 Å². The Morgan fingerprint density at radius 3 is 2.43 bits per heavy atom. The molecular formula is C14H9Cl2NO3S. The fourth-order valence-corrected chi connectivity index (χ4v) is 4.70. The van der Waals surface area contributed by atoms with E-state index < -0.39 is 15.6 Å². The molecule has 0 amide bonds. The molecule has 0 unspecified atom stereocenters. The Hall–Kier alpha value is -1.56. The van der Waals surface area contributed by atoms with Crippen LogP contribution in [0.3, 0.4) is 0 Å². The molecule has 3 rings (SSSR count). The molecule has 0 spiro atoms. The van der Waals surface area contributed by atoms with Gasteiger partial charge < -0.3 is 5.11 Å². The summed E-state index contributed by atoms with van der Waals surface area (Å²) < 4.78 is 25.0. The highest BCUT2D eigenvalue weighted by atomic mass is 35.5. The van der Waals surface area contributed by atoms with Crippen molar-refractivity contribution in [1.29, 1.82) is 0 Å². The van der Waals surface area contributed by atoms with Crippen LogP contribution in [0.25, 0.3) is 10.7 Å². The number of halogens is 2. The van der Waals surface area contributed by atoms with E-state index >= 15 is 0 Å². The number of aliphatic hydroxyl groups excluding tert-OH is 1. The van der Waals surface area contributed by atoms with Gasteiger partial charge in [0.15, 0.2) is 15.6 Å². The number of pyridine rings is 1. The molecule has 2 heterocycles. The average Bonchev–Trinajstić information content (AvgIpc) is 2.41. The monoisotopic (exact) mass is 341 g/mol. The lowest BCUT2D eigenvalue weighted by Gasteiger charge is -2.20. The Morgan fingerprint density at radius 2 is 1.76 bits per heavy atom. The third kappa shape index (κ3) is 2.31. The van der Waals surface area contributed by atoms with Crippen LogP contribution in [-0.4, -0.2) is 18.5 Å². The topological polar surface area (TPSA) is 67.3 Å². The highest BCUT2D eigenvalue weighted by Gasteiger charge is 2.34. The summed E-state index contributed by atoms with van der Waals surface area (Å²) in [5, 5.41) is 10.7. The van der Waals surface area contributed by atoms with E-state index in [1.165, 1.54) is 18.3 Å². The van der Waals surface area contributed by atoms with Crippen LogP contribution in [0.2, 0.25) is 10.0 Å². The van der Waals surface area contributed by atoms with Crippen LogP contribution >= 0.6 is 23.2 Å². The second-order valence-corrected chi connectivity index (χ2v) is 7.29. The van der Waals surface area contributed by atoms with Crippen LogP contribution < -0.4 is 0 Å². The zero-order chi connectivity index (χ0) is 15.2. The molecule has 1 aromatic heterocycles. The largest absolute Gasteiger partial charge is 0.504 e. The van der Waals surface area contributed by atoms with Crippen LogP contribution in [0.5, 0.6) is 0 Å². The number of benzene rings is 1. The van der Waals surface area contributed by atoms with Gasteiger partial charge in [-0.05, 0) is 23.8 Å². The van der Waals surface area contributed by atoms with E-state index in [0.717, 1.165) is 0 Å². The molecule has 1 aromatic carbocycles. The molecule has 0 saturated carbocycles. The fourth-order valence-electron chi connectivity index (χ4n) is 2.29. The van der Waals surface area contributed by atoms with Gasteiger partial charge in [-0.1, -0.05) is 35.3 Å². The number of fused-ring (bicyclic) bond motifs is 1. The molecule has 108 valence electrons. The molecule has 1 aliphatic heterocycles. The van der Waals surface area contributed by atoms with Crippen LogP contribution in [0, 0.1) is 0 Å². The number of rotatable bonds is 1. The quantitative estimate of drug-likeness (QED) is 0.858. The summed E-state index contributed by atoms with van der Waals surface area (Å²) in [6.45, 7) is 0.